The van der Waals surface area contributed by atoms with E-state index >= 15 is 0 Å². The lowest BCUT2D eigenvalue weighted by Crippen LogP contribution is -2.37. The van der Waals surface area contributed by atoms with Gasteiger partial charge in [-0.1, -0.05) is 23.2 Å². The normalized spacial score (nSPS) is 16.3. The number of hydrogen-bond acceptors (Lipinski definition) is 4. The molecule has 1 atom stereocenters. The van der Waals surface area contributed by atoms with Gasteiger partial charge in [0, 0.05) is 29.0 Å². The minimum absolute atomic E-state index is 0.173. The second kappa shape index (κ2) is 9.65. The van der Waals surface area contributed by atoms with Gasteiger partial charge in [0.2, 0.25) is 0 Å². The number of halogens is 2. The van der Waals surface area contributed by atoms with Gasteiger partial charge < -0.3 is 15.0 Å². The Kier molecular flexibility index (Phi) is 7.22. The number of nitrogens with one attached hydrogen (secondary N) is 2. The summed E-state index contributed by atoms with van der Waals surface area (Å²) in [5.41, 5.74) is 2.19. The number of thiocarbonyl (C=S) groups is 1. The van der Waals surface area contributed by atoms with Crippen molar-refractivity contribution in [3.63, 3.8) is 0 Å². The summed E-state index contributed by atoms with van der Waals surface area (Å²) in [4.78, 5) is 15.0. The first kappa shape index (κ1) is 21.7. The zero-order valence-corrected chi connectivity index (χ0v) is 18.6. The zero-order valence-electron chi connectivity index (χ0n) is 16.3. The monoisotopic (exact) mass is 451 g/mol. The Balaban J connectivity index is 1.64. The Morgan fingerprint density at radius 1 is 1.21 bits per heavy atom. The van der Waals surface area contributed by atoms with E-state index in [-0.39, 0.29) is 21.4 Å². The van der Waals surface area contributed by atoms with Crippen LogP contribution in [-0.2, 0) is 0 Å². The quantitative estimate of drug-likeness (QED) is 0.600. The third kappa shape index (κ3) is 5.32. The lowest BCUT2D eigenvalue weighted by Gasteiger charge is -2.35. The molecule has 8 heteroatoms. The van der Waals surface area contributed by atoms with Crippen molar-refractivity contribution >= 4 is 57.8 Å². The molecule has 2 aromatic rings. The van der Waals surface area contributed by atoms with Crippen LogP contribution in [0.15, 0.2) is 36.4 Å². The van der Waals surface area contributed by atoms with Gasteiger partial charge in [0.15, 0.2) is 5.11 Å². The predicted molar refractivity (Wildman–Crippen MR) is 124 cm³/mol. The first-order valence-electron chi connectivity index (χ1n) is 9.41. The van der Waals surface area contributed by atoms with Gasteiger partial charge in [-0.25, -0.2) is 0 Å². The second-order valence-corrected chi connectivity index (χ2v) is 8.21. The fourth-order valence-corrected chi connectivity index (χ4v) is 4.27. The molecular formula is C21H23Cl2N3O2S. The number of carbonyl (C=O) groups excluding carboxylic acids is 1. The molecule has 0 saturated carbocycles. The predicted octanol–water partition coefficient (Wildman–Crippen LogP) is 5.51. The molecule has 3 rings (SSSR count). The molecule has 1 aliphatic rings. The Morgan fingerprint density at radius 2 is 1.93 bits per heavy atom. The van der Waals surface area contributed by atoms with Crippen molar-refractivity contribution in [3.05, 3.63) is 52.0 Å². The van der Waals surface area contributed by atoms with Gasteiger partial charge in [-0.3, -0.25) is 10.1 Å². The molecular weight excluding hydrogens is 429 g/mol. The summed E-state index contributed by atoms with van der Waals surface area (Å²) in [5.74, 6) is -0.209. The van der Waals surface area contributed by atoms with Crippen molar-refractivity contribution in [3.8, 4) is 5.75 Å². The minimum Gasteiger partial charge on any atom is -0.494 e. The molecule has 2 N–H and O–H groups in total. The number of anilines is 2. The van der Waals surface area contributed by atoms with Crippen molar-refractivity contribution in [1.82, 2.24) is 5.32 Å². The van der Waals surface area contributed by atoms with Crippen LogP contribution in [0.4, 0.5) is 11.4 Å². The number of ether oxygens (including phenoxy) is 1. The Bertz CT molecular complexity index is 906. The molecule has 0 radical (unpaired) electrons. The van der Waals surface area contributed by atoms with Crippen LogP contribution in [0.2, 0.25) is 10.0 Å². The number of benzene rings is 2. The molecule has 0 bridgehead atoms. The van der Waals surface area contributed by atoms with E-state index < -0.39 is 5.91 Å². The van der Waals surface area contributed by atoms with Gasteiger partial charge in [-0.05, 0) is 74.8 Å². The molecule has 1 amide bonds. The SMILES string of the molecule is COc1c(Cl)cc(Cl)cc1C(=O)NC(=S)Nc1ccc(N2CCCC[C@H]2C)cc1. The highest BCUT2D eigenvalue weighted by Crippen LogP contribution is 2.32. The Labute approximate surface area is 186 Å². The highest BCUT2D eigenvalue weighted by molar-refractivity contribution is 7.80. The molecule has 0 spiro atoms. The maximum atomic E-state index is 12.6. The first-order valence-corrected chi connectivity index (χ1v) is 10.6. The smallest absolute Gasteiger partial charge is 0.261 e. The summed E-state index contributed by atoms with van der Waals surface area (Å²) < 4.78 is 5.21. The Morgan fingerprint density at radius 3 is 2.59 bits per heavy atom. The molecule has 0 aliphatic carbocycles. The van der Waals surface area contributed by atoms with E-state index in [0.717, 1.165) is 12.2 Å². The summed E-state index contributed by atoms with van der Waals surface area (Å²) in [7, 11) is 1.44. The third-order valence-corrected chi connectivity index (χ3v) is 5.65. The molecule has 1 heterocycles. The van der Waals surface area contributed by atoms with Gasteiger partial charge in [0.25, 0.3) is 5.91 Å². The second-order valence-electron chi connectivity index (χ2n) is 6.96. The van der Waals surface area contributed by atoms with E-state index in [1.807, 2.05) is 12.1 Å². The van der Waals surface area contributed by atoms with Crippen LogP contribution in [0.1, 0.15) is 36.5 Å². The van der Waals surface area contributed by atoms with Crippen molar-refractivity contribution in [1.29, 1.82) is 0 Å². The molecule has 1 saturated heterocycles. The fraction of sp³-hybridized carbons (Fsp3) is 0.333. The van der Waals surface area contributed by atoms with Crippen molar-refractivity contribution in [2.75, 3.05) is 23.9 Å². The molecule has 29 heavy (non-hydrogen) atoms. The number of nitrogens with zero attached hydrogens (tertiary/aromatic N) is 1. The van der Waals surface area contributed by atoms with Crippen LogP contribution >= 0.6 is 35.4 Å². The molecule has 5 nitrogen and oxygen atoms in total. The first-order chi connectivity index (χ1) is 13.9. The number of hydrogen-bond donors (Lipinski definition) is 2. The average molecular weight is 452 g/mol. The maximum absolute atomic E-state index is 12.6. The topological polar surface area (TPSA) is 53.6 Å². The zero-order chi connectivity index (χ0) is 21.0. The van der Waals surface area contributed by atoms with E-state index in [2.05, 4.69) is 34.6 Å². The number of amides is 1. The molecule has 1 aliphatic heterocycles. The molecule has 2 aromatic carbocycles. The third-order valence-electron chi connectivity index (χ3n) is 4.94. The number of methoxy groups -OCH3 is 1. The van der Waals surface area contributed by atoms with Crippen LogP contribution in [-0.4, -0.2) is 30.7 Å². The van der Waals surface area contributed by atoms with Gasteiger partial charge in [0.1, 0.15) is 5.75 Å². The van der Waals surface area contributed by atoms with Gasteiger partial charge in [0.05, 0.1) is 17.7 Å². The van der Waals surface area contributed by atoms with Crippen LogP contribution in [0.3, 0.4) is 0 Å². The summed E-state index contributed by atoms with van der Waals surface area (Å²) in [5, 5.41) is 6.42. The molecule has 0 unspecified atom stereocenters. The lowest BCUT2D eigenvalue weighted by atomic mass is 10.0. The lowest BCUT2D eigenvalue weighted by molar-refractivity contribution is 0.0975. The highest BCUT2D eigenvalue weighted by atomic mass is 35.5. The molecule has 154 valence electrons. The number of carbonyl (C=O) groups is 1. The average Bonchev–Trinajstić information content (AvgIpc) is 2.68. The van der Waals surface area contributed by atoms with Crippen molar-refractivity contribution in [2.45, 2.75) is 32.2 Å². The summed E-state index contributed by atoms with van der Waals surface area (Å²) in [6.07, 6.45) is 3.72. The van der Waals surface area contributed by atoms with E-state index in [9.17, 15) is 4.79 Å². The van der Waals surface area contributed by atoms with Gasteiger partial charge in [-0.2, -0.15) is 0 Å². The summed E-state index contributed by atoms with van der Waals surface area (Å²) >= 11 is 17.4. The standard InChI is InChI=1S/C21H23Cl2N3O2S/c1-13-5-3-4-10-26(13)16-8-6-15(7-9-16)24-21(29)25-20(27)17-11-14(22)12-18(23)19(17)28-2/h6-9,11-13H,3-5,10H2,1-2H3,(H2,24,25,27,29)/t13-/m1/s1. The van der Waals surface area contributed by atoms with Crippen LogP contribution < -0.4 is 20.3 Å². The number of piperidine rings is 1. The van der Waals surface area contributed by atoms with E-state index in [4.69, 9.17) is 40.2 Å². The van der Waals surface area contributed by atoms with Gasteiger partial charge in [-0.15, -0.1) is 0 Å². The fourth-order valence-electron chi connectivity index (χ4n) is 3.49. The molecule has 0 aromatic heterocycles. The van der Waals surface area contributed by atoms with E-state index in [1.165, 1.54) is 44.2 Å². The number of rotatable bonds is 4. The van der Waals surface area contributed by atoms with E-state index in [1.54, 1.807) is 0 Å². The minimum atomic E-state index is -0.456. The van der Waals surface area contributed by atoms with Crippen LogP contribution in [0, 0.1) is 0 Å². The van der Waals surface area contributed by atoms with Crippen LogP contribution in [0.5, 0.6) is 5.75 Å². The van der Waals surface area contributed by atoms with Crippen molar-refractivity contribution in [2.24, 2.45) is 0 Å². The summed E-state index contributed by atoms with van der Waals surface area (Å²) in [6, 6.07) is 11.6. The van der Waals surface area contributed by atoms with Gasteiger partial charge >= 0.3 is 0 Å². The van der Waals surface area contributed by atoms with E-state index in [0.29, 0.717) is 11.1 Å². The van der Waals surface area contributed by atoms with Crippen LogP contribution in [0.25, 0.3) is 0 Å². The Hall–Kier alpha value is -2.02. The molecule has 1 fully saturated rings. The van der Waals surface area contributed by atoms with Crippen molar-refractivity contribution < 1.29 is 9.53 Å². The summed E-state index contributed by atoms with van der Waals surface area (Å²) in [6.45, 7) is 3.33. The highest BCUT2D eigenvalue weighted by Gasteiger charge is 2.19. The maximum Gasteiger partial charge on any atom is 0.261 e. The largest absolute Gasteiger partial charge is 0.494 e.